The number of H-pyrrole nitrogens is 1. The van der Waals surface area contributed by atoms with E-state index in [-0.39, 0.29) is 18.2 Å². The molecule has 7 heteroatoms. The third kappa shape index (κ3) is 4.13. The van der Waals surface area contributed by atoms with Gasteiger partial charge in [-0.2, -0.15) is 5.10 Å². The molecule has 0 aliphatic carbocycles. The van der Waals surface area contributed by atoms with Crippen molar-refractivity contribution in [2.24, 2.45) is 0 Å². The molecule has 0 bridgehead atoms. The van der Waals surface area contributed by atoms with Crippen LogP contribution in [0.15, 0.2) is 65.6 Å². The van der Waals surface area contributed by atoms with Crippen LogP contribution in [0.5, 0.6) is 11.5 Å². The summed E-state index contributed by atoms with van der Waals surface area (Å²) < 4.78 is 5.82. The number of piperazine rings is 1. The minimum atomic E-state index is -0.429. The van der Waals surface area contributed by atoms with Crippen LogP contribution in [0.4, 0.5) is 5.69 Å². The molecule has 1 aliphatic rings. The molecular weight excluding hydrogens is 368 g/mol. The number of para-hydroxylation sites is 1. The van der Waals surface area contributed by atoms with Crippen molar-refractivity contribution in [3.8, 4) is 11.5 Å². The summed E-state index contributed by atoms with van der Waals surface area (Å²) in [6.45, 7) is 3.95. The lowest BCUT2D eigenvalue weighted by Crippen LogP contribution is -2.50. The highest BCUT2D eigenvalue weighted by atomic mass is 16.5. The van der Waals surface area contributed by atoms with Crippen molar-refractivity contribution in [2.45, 2.75) is 13.5 Å². The molecule has 7 nitrogen and oxygen atoms in total. The standard InChI is InChI=1S/C22H22N4O3/c1-16-7-5-6-8-17(16)14-26-12-11-25(15-20(26)27)19-13-23-24-22(28)21(19)29-18-9-3-2-4-10-18/h2-10,13H,11-12,14-15H2,1H3,(H,24,28). The van der Waals surface area contributed by atoms with Crippen molar-refractivity contribution in [2.75, 3.05) is 24.5 Å². The Bertz CT molecular complexity index is 1060. The van der Waals surface area contributed by atoms with E-state index in [1.54, 1.807) is 12.1 Å². The maximum absolute atomic E-state index is 12.8. The second-order valence-electron chi connectivity index (χ2n) is 6.99. The molecule has 0 unspecified atom stereocenters. The number of amides is 1. The van der Waals surface area contributed by atoms with Crippen molar-refractivity contribution in [3.05, 3.63) is 82.3 Å². The van der Waals surface area contributed by atoms with Gasteiger partial charge in [0.25, 0.3) is 0 Å². The quantitative estimate of drug-likeness (QED) is 0.725. The summed E-state index contributed by atoms with van der Waals surface area (Å²) in [5.41, 5.74) is 2.39. The normalized spacial score (nSPS) is 14.2. The molecule has 0 spiro atoms. The van der Waals surface area contributed by atoms with Gasteiger partial charge >= 0.3 is 5.56 Å². The average molecular weight is 390 g/mol. The van der Waals surface area contributed by atoms with Gasteiger partial charge in [-0.3, -0.25) is 9.59 Å². The molecule has 1 saturated heterocycles. The van der Waals surface area contributed by atoms with Gasteiger partial charge in [0.15, 0.2) is 0 Å². The Balaban J connectivity index is 1.52. The zero-order chi connectivity index (χ0) is 20.2. The lowest BCUT2D eigenvalue weighted by molar-refractivity contribution is -0.131. The Kier molecular flexibility index (Phi) is 5.29. The Labute approximate surface area is 168 Å². The molecule has 29 heavy (non-hydrogen) atoms. The van der Waals surface area contributed by atoms with Gasteiger partial charge in [0.1, 0.15) is 11.4 Å². The van der Waals surface area contributed by atoms with Crippen molar-refractivity contribution in [1.29, 1.82) is 0 Å². The number of aromatic nitrogens is 2. The van der Waals surface area contributed by atoms with E-state index in [1.807, 2.05) is 59.2 Å². The van der Waals surface area contributed by atoms with Gasteiger partial charge in [-0.25, -0.2) is 5.10 Å². The second-order valence-corrected chi connectivity index (χ2v) is 6.99. The third-order valence-corrected chi connectivity index (χ3v) is 5.04. The first-order valence-corrected chi connectivity index (χ1v) is 9.49. The van der Waals surface area contributed by atoms with Crippen molar-refractivity contribution < 1.29 is 9.53 Å². The average Bonchev–Trinajstić information content (AvgIpc) is 2.73. The first-order chi connectivity index (χ1) is 14.1. The van der Waals surface area contributed by atoms with Gasteiger partial charge in [-0.1, -0.05) is 42.5 Å². The van der Waals surface area contributed by atoms with Crippen LogP contribution in [0, 0.1) is 6.92 Å². The van der Waals surface area contributed by atoms with Crippen LogP contribution in [0.25, 0.3) is 0 Å². The van der Waals surface area contributed by atoms with E-state index < -0.39 is 5.56 Å². The molecule has 4 rings (SSSR count). The predicted octanol–water partition coefficient (Wildman–Crippen LogP) is 2.72. The molecular formula is C22H22N4O3. The summed E-state index contributed by atoms with van der Waals surface area (Å²) in [4.78, 5) is 28.8. The van der Waals surface area contributed by atoms with Gasteiger partial charge in [0.2, 0.25) is 11.7 Å². The van der Waals surface area contributed by atoms with Crippen LogP contribution in [-0.4, -0.2) is 40.6 Å². The number of carbonyl (C=O) groups is 1. The van der Waals surface area contributed by atoms with E-state index in [0.29, 0.717) is 31.1 Å². The van der Waals surface area contributed by atoms with Crippen LogP contribution in [0.1, 0.15) is 11.1 Å². The number of hydrogen-bond acceptors (Lipinski definition) is 5. The Morgan fingerprint density at radius 3 is 2.55 bits per heavy atom. The smallest absolute Gasteiger partial charge is 0.309 e. The Hall–Kier alpha value is -3.61. The van der Waals surface area contributed by atoms with Crippen LogP contribution in [-0.2, 0) is 11.3 Å². The number of carbonyl (C=O) groups excluding carboxylic acids is 1. The number of rotatable bonds is 5. The number of nitrogens with one attached hydrogen (secondary N) is 1. The van der Waals surface area contributed by atoms with E-state index in [0.717, 1.165) is 5.56 Å². The summed E-state index contributed by atoms with van der Waals surface area (Å²) >= 11 is 0. The first-order valence-electron chi connectivity index (χ1n) is 9.49. The van der Waals surface area contributed by atoms with Crippen LogP contribution >= 0.6 is 0 Å². The van der Waals surface area contributed by atoms with Crippen molar-refractivity contribution >= 4 is 11.6 Å². The van der Waals surface area contributed by atoms with Gasteiger partial charge in [-0.05, 0) is 30.2 Å². The van der Waals surface area contributed by atoms with Gasteiger partial charge < -0.3 is 14.5 Å². The number of hydrogen-bond donors (Lipinski definition) is 1. The topological polar surface area (TPSA) is 78.5 Å². The first kappa shape index (κ1) is 18.7. The summed E-state index contributed by atoms with van der Waals surface area (Å²) in [7, 11) is 0. The molecule has 3 aromatic rings. The molecule has 2 heterocycles. The number of nitrogens with zero attached hydrogens (tertiary/aromatic N) is 3. The van der Waals surface area contributed by atoms with Gasteiger partial charge in [0.05, 0.1) is 12.7 Å². The van der Waals surface area contributed by atoms with Crippen LogP contribution < -0.4 is 15.2 Å². The van der Waals surface area contributed by atoms with Crippen LogP contribution in [0.3, 0.4) is 0 Å². The maximum Gasteiger partial charge on any atom is 0.309 e. The molecule has 1 N–H and O–H groups in total. The fourth-order valence-electron chi connectivity index (χ4n) is 3.38. The summed E-state index contributed by atoms with van der Waals surface area (Å²) in [6.07, 6.45) is 1.53. The number of aryl methyl sites for hydroxylation is 1. The molecule has 1 aliphatic heterocycles. The molecule has 2 aromatic carbocycles. The molecule has 1 fully saturated rings. The highest BCUT2D eigenvalue weighted by molar-refractivity contribution is 5.83. The highest BCUT2D eigenvalue weighted by Crippen LogP contribution is 2.29. The summed E-state index contributed by atoms with van der Waals surface area (Å²) in [5, 5.41) is 6.31. The minimum absolute atomic E-state index is 0.00504. The molecule has 1 aromatic heterocycles. The number of anilines is 1. The summed E-state index contributed by atoms with van der Waals surface area (Å²) in [5.74, 6) is 0.701. The summed E-state index contributed by atoms with van der Waals surface area (Å²) in [6, 6.07) is 17.1. The lowest BCUT2D eigenvalue weighted by Gasteiger charge is -2.36. The van der Waals surface area contributed by atoms with Gasteiger partial charge in [-0.15, -0.1) is 0 Å². The number of aromatic amines is 1. The lowest BCUT2D eigenvalue weighted by atomic mass is 10.1. The number of ether oxygens (including phenoxy) is 1. The van der Waals surface area contributed by atoms with Gasteiger partial charge in [0, 0.05) is 19.6 Å². The Morgan fingerprint density at radius 2 is 1.79 bits per heavy atom. The van der Waals surface area contributed by atoms with E-state index in [9.17, 15) is 9.59 Å². The largest absolute Gasteiger partial charge is 0.449 e. The van der Waals surface area contributed by atoms with E-state index in [4.69, 9.17) is 4.74 Å². The third-order valence-electron chi connectivity index (χ3n) is 5.04. The van der Waals surface area contributed by atoms with Crippen molar-refractivity contribution in [3.63, 3.8) is 0 Å². The zero-order valence-electron chi connectivity index (χ0n) is 16.2. The van der Waals surface area contributed by atoms with E-state index in [1.165, 1.54) is 11.8 Å². The fourth-order valence-corrected chi connectivity index (χ4v) is 3.38. The van der Waals surface area contributed by atoms with Crippen molar-refractivity contribution in [1.82, 2.24) is 15.1 Å². The highest BCUT2D eigenvalue weighted by Gasteiger charge is 2.27. The molecule has 0 saturated carbocycles. The van der Waals surface area contributed by atoms with Crippen LogP contribution in [0.2, 0.25) is 0 Å². The van der Waals surface area contributed by atoms with E-state index in [2.05, 4.69) is 10.2 Å². The number of benzene rings is 2. The molecule has 148 valence electrons. The monoisotopic (exact) mass is 390 g/mol. The fraction of sp³-hybridized carbons (Fsp3) is 0.227. The SMILES string of the molecule is Cc1ccccc1CN1CCN(c2cn[nH]c(=O)c2Oc2ccccc2)CC1=O. The molecule has 0 atom stereocenters. The second kappa shape index (κ2) is 8.18. The maximum atomic E-state index is 12.8. The van der Waals surface area contributed by atoms with E-state index >= 15 is 0 Å². The molecule has 1 amide bonds. The Morgan fingerprint density at radius 1 is 1.03 bits per heavy atom. The minimum Gasteiger partial charge on any atom is -0.449 e. The molecule has 0 radical (unpaired) electrons. The zero-order valence-corrected chi connectivity index (χ0v) is 16.2. The predicted molar refractivity (Wildman–Crippen MR) is 110 cm³/mol.